The fourth-order valence-electron chi connectivity index (χ4n) is 2.21. The van der Waals surface area contributed by atoms with E-state index in [2.05, 4.69) is 9.82 Å². The van der Waals surface area contributed by atoms with Crippen molar-refractivity contribution in [3.8, 4) is 5.69 Å². The van der Waals surface area contributed by atoms with E-state index >= 15 is 0 Å². The highest BCUT2D eigenvalue weighted by atomic mass is 32.2. The molecule has 1 N–H and O–H groups in total. The molecular formula is C15H12N4O4S. The smallest absolute Gasteiger partial charge is 0.277 e. The first kappa shape index (κ1) is 15.7. The monoisotopic (exact) mass is 344 g/mol. The minimum atomic E-state index is -4.14. The van der Waals surface area contributed by atoms with E-state index in [4.69, 9.17) is 0 Å². The van der Waals surface area contributed by atoms with Crippen molar-refractivity contribution in [1.29, 1.82) is 0 Å². The van der Waals surface area contributed by atoms with Crippen molar-refractivity contribution < 1.29 is 13.3 Å². The van der Waals surface area contributed by atoms with Crippen LogP contribution in [0.5, 0.6) is 0 Å². The third-order valence-electron chi connectivity index (χ3n) is 3.25. The summed E-state index contributed by atoms with van der Waals surface area (Å²) >= 11 is 0. The first-order valence-corrected chi connectivity index (χ1v) is 8.32. The second kappa shape index (κ2) is 6.13. The summed E-state index contributed by atoms with van der Waals surface area (Å²) in [5.74, 6) is 0. The Morgan fingerprint density at radius 1 is 1.04 bits per heavy atom. The number of nitrogens with zero attached hydrogens (tertiary/aromatic N) is 3. The average molecular weight is 344 g/mol. The SMILES string of the molecule is O=[N+]([O-])c1ccccc1S(=O)(=O)Nc1ccccc1-n1cccn1. The number of anilines is 1. The lowest BCUT2D eigenvalue weighted by Crippen LogP contribution is -2.16. The average Bonchev–Trinajstić information content (AvgIpc) is 3.09. The molecular weight excluding hydrogens is 332 g/mol. The molecule has 0 spiro atoms. The fraction of sp³-hybridized carbons (Fsp3) is 0. The molecule has 8 nitrogen and oxygen atoms in total. The molecule has 3 aromatic rings. The van der Waals surface area contributed by atoms with Crippen LogP contribution < -0.4 is 4.72 Å². The van der Waals surface area contributed by atoms with Crippen LogP contribution in [0.4, 0.5) is 11.4 Å². The van der Waals surface area contributed by atoms with Gasteiger partial charge in [0.15, 0.2) is 4.90 Å². The number of nitrogens with one attached hydrogen (secondary N) is 1. The van der Waals surface area contributed by atoms with Gasteiger partial charge in [0, 0.05) is 18.5 Å². The van der Waals surface area contributed by atoms with Crippen molar-refractivity contribution in [2.75, 3.05) is 4.72 Å². The molecule has 0 saturated heterocycles. The lowest BCUT2D eigenvalue weighted by Gasteiger charge is -2.12. The van der Waals surface area contributed by atoms with Crippen molar-refractivity contribution in [1.82, 2.24) is 9.78 Å². The van der Waals surface area contributed by atoms with Crippen molar-refractivity contribution in [3.05, 3.63) is 77.1 Å². The van der Waals surface area contributed by atoms with Gasteiger partial charge in [-0.05, 0) is 24.3 Å². The number of nitro groups is 1. The zero-order valence-corrected chi connectivity index (χ0v) is 13.1. The quantitative estimate of drug-likeness (QED) is 0.565. The highest BCUT2D eigenvalue weighted by Gasteiger charge is 2.26. The minimum Gasteiger partial charge on any atom is -0.277 e. The summed E-state index contributed by atoms with van der Waals surface area (Å²) in [4.78, 5) is 9.95. The molecule has 1 aromatic heterocycles. The number of nitro benzene ring substituents is 1. The molecule has 24 heavy (non-hydrogen) atoms. The van der Waals surface area contributed by atoms with Crippen LogP contribution in [0.3, 0.4) is 0 Å². The second-order valence-corrected chi connectivity index (χ2v) is 6.45. The minimum absolute atomic E-state index is 0.263. The van der Waals surface area contributed by atoms with Crippen molar-refractivity contribution in [3.63, 3.8) is 0 Å². The summed E-state index contributed by atoms with van der Waals surface area (Å²) in [6, 6.07) is 13.5. The summed E-state index contributed by atoms with van der Waals surface area (Å²) in [5.41, 5.74) is 0.283. The Morgan fingerprint density at radius 3 is 2.46 bits per heavy atom. The lowest BCUT2D eigenvalue weighted by atomic mass is 10.3. The number of hydrogen-bond donors (Lipinski definition) is 1. The summed E-state index contributed by atoms with van der Waals surface area (Å²) in [7, 11) is -4.14. The number of sulfonamides is 1. The summed E-state index contributed by atoms with van der Waals surface area (Å²) in [6.45, 7) is 0. The Balaban J connectivity index is 2.05. The molecule has 9 heteroatoms. The van der Waals surface area contributed by atoms with Crippen molar-refractivity contribution >= 4 is 21.4 Å². The van der Waals surface area contributed by atoms with Gasteiger partial charge < -0.3 is 0 Å². The molecule has 0 saturated carbocycles. The van der Waals surface area contributed by atoms with E-state index in [1.54, 1.807) is 42.7 Å². The van der Waals surface area contributed by atoms with E-state index in [1.165, 1.54) is 22.9 Å². The molecule has 0 aliphatic carbocycles. The van der Waals surface area contributed by atoms with Crippen LogP contribution in [0.15, 0.2) is 71.9 Å². The predicted molar refractivity (Wildman–Crippen MR) is 87.5 cm³/mol. The zero-order chi connectivity index (χ0) is 17.2. The molecule has 2 aromatic carbocycles. The van der Waals surface area contributed by atoms with E-state index in [1.807, 2.05) is 0 Å². The highest BCUT2D eigenvalue weighted by molar-refractivity contribution is 7.92. The number of benzene rings is 2. The van der Waals surface area contributed by atoms with Crippen LogP contribution in [-0.2, 0) is 10.0 Å². The van der Waals surface area contributed by atoms with Crippen LogP contribution in [-0.4, -0.2) is 23.1 Å². The summed E-state index contributed by atoms with van der Waals surface area (Å²) < 4.78 is 29.1. The van der Waals surface area contributed by atoms with Gasteiger partial charge >= 0.3 is 0 Å². The van der Waals surface area contributed by atoms with Crippen LogP contribution >= 0.6 is 0 Å². The van der Waals surface area contributed by atoms with Gasteiger partial charge in [-0.3, -0.25) is 14.8 Å². The van der Waals surface area contributed by atoms with Gasteiger partial charge in [0.1, 0.15) is 0 Å². The molecule has 1 heterocycles. The Morgan fingerprint density at radius 2 is 1.75 bits per heavy atom. The maximum Gasteiger partial charge on any atom is 0.289 e. The van der Waals surface area contributed by atoms with Crippen molar-refractivity contribution in [2.24, 2.45) is 0 Å². The maximum atomic E-state index is 12.6. The molecule has 0 aliphatic rings. The number of para-hydroxylation sites is 3. The Hall–Kier alpha value is -3.20. The van der Waals surface area contributed by atoms with E-state index in [9.17, 15) is 18.5 Å². The third kappa shape index (κ3) is 2.97. The molecule has 0 radical (unpaired) electrons. The fourth-order valence-corrected chi connectivity index (χ4v) is 3.45. The second-order valence-electron chi connectivity index (χ2n) is 4.80. The Kier molecular flexibility index (Phi) is 4.00. The topological polar surface area (TPSA) is 107 Å². The van der Waals surface area contributed by atoms with Gasteiger partial charge in [-0.25, -0.2) is 13.1 Å². The lowest BCUT2D eigenvalue weighted by molar-refractivity contribution is -0.387. The van der Waals surface area contributed by atoms with E-state index in [0.29, 0.717) is 5.69 Å². The van der Waals surface area contributed by atoms with Crippen molar-refractivity contribution in [2.45, 2.75) is 4.90 Å². The van der Waals surface area contributed by atoms with Crippen LogP contribution in [0.25, 0.3) is 5.69 Å². The zero-order valence-electron chi connectivity index (χ0n) is 12.2. The molecule has 0 aliphatic heterocycles. The largest absolute Gasteiger partial charge is 0.289 e. The van der Waals surface area contributed by atoms with Crippen LogP contribution in [0, 0.1) is 10.1 Å². The van der Waals surface area contributed by atoms with Gasteiger partial charge in [-0.1, -0.05) is 24.3 Å². The Labute approximate surface area is 137 Å². The highest BCUT2D eigenvalue weighted by Crippen LogP contribution is 2.27. The first-order valence-electron chi connectivity index (χ1n) is 6.84. The molecule has 0 fully saturated rings. The maximum absolute atomic E-state index is 12.6. The number of rotatable bonds is 5. The molecule has 0 bridgehead atoms. The number of hydrogen-bond acceptors (Lipinski definition) is 5. The van der Waals surface area contributed by atoms with Gasteiger partial charge in [-0.2, -0.15) is 5.10 Å². The third-order valence-corrected chi connectivity index (χ3v) is 4.66. The molecule has 0 atom stereocenters. The van der Waals surface area contributed by atoms with Crippen LogP contribution in [0.2, 0.25) is 0 Å². The van der Waals surface area contributed by atoms with E-state index < -0.39 is 25.5 Å². The van der Waals surface area contributed by atoms with Gasteiger partial charge in [-0.15, -0.1) is 0 Å². The summed E-state index contributed by atoms with van der Waals surface area (Å²) in [6.07, 6.45) is 3.23. The van der Waals surface area contributed by atoms with Crippen LogP contribution in [0.1, 0.15) is 0 Å². The molecule has 122 valence electrons. The van der Waals surface area contributed by atoms with E-state index in [-0.39, 0.29) is 5.69 Å². The predicted octanol–water partition coefficient (Wildman–Crippen LogP) is 2.58. The van der Waals surface area contributed by atoms with Gasteiger partial charge in [0.2, 0.25) is 0 Å². The molecule has 0 amide bonds. The molecule has 3 rings (SSSR count). The van der Waals surface area contributed by atoms with Gasteiger partial charge in [0.05, 0.1) is 16.3 Å². The standard InChI is InChI=1S/C15H12N4O4S/c20-19(21)14-8-3-4-9-15(14)24(22,23)17-12-6-1-2-7-13(12)18-11-5-10-16-18/h1-11,17H. The summed E-state index contributed by atoms with van der Waals surface area (Å²) in [5, 5.41) is 15.1. The normalized spacial score (nSPS) is 11.2. The molecule has 0 unspecified atom stereocenters. The number of aromatic nitrogens is 2. The van der Waals surface area contributed by atoms with E-state index in [0.717, 1.165) is 6.07 Å². The van der Waals surface area contributed by atoms with Gasteiger partial charge in [0.25, 0.3) is 15.7 Å². The first-order chi connectivity index (χ1) is 11.5. The Bertz CT molecular complexity index is 984.